The SMILES string of the molecule is C=S(NS(=O)(=O)c1ccc(Cl)s1)c1ccc(Nc2ncc(Br)c(N[C@H](C)C(C)(C)O)n2)cc1. The van der Waals surface area contributed by atoms with Crippen molar-refractivity contribution in [1.29, 1.82) is 0 Å². The summed E-state index contributed by atoms with van der Waals surface area (Å²) in [4.78, 5) is 9.43. The maximum atomic E-state index is 12.5. The lowest BCUT2D eigenvalue weighted by atomic mass is 10.0. The number of nitrogens with one attached hydrogen (secondary N) is 3. The number of benzene rings is 1. The van der Waals surface area contributed by atoms with E-state index in [4.69, 9.17) is 11.6 Å². The van der Waals surface area contributed by atoms with E-state index in [9.17, 15) is 13.5 Å². The van der Waals surface area contributed by atoms with E-state index in [1.807, 2.05) is 6.92 Å². The molecule has 3 rings (SSSR count). The van der Waals surface area contributed by atoms with Gasteiger partial charge in [0.25, 0.3) is 10.0 Å². The molecule has 1 unspecified atom stereocenters. The topological polar surface area (TPSA) is 116 Å². The molecule has 33 heavy (non-hydrogen) atoms. The van der Waals surface area contributed by atoms with E-state index in [1.54, 1.807) is 50.4 Å². The van der Waals surface area contributed by atoms with E-state index in [0.29, 0.717) is 31.2 Å². The molecule has 0 saturated heterocycles. The van der Waals surface area contributed by atoms with Gasteiger partial charge >= 0.3 is 0 Å². The highest BCUT2D eigenvalue weighted by molar-refractivity contribution is 9.10. The van der Waals surface area contributed by atoms with Crippen LogP contribution in [0.3, 0.4) is 0 Å². The van der Waals surface area contributed by atoms with Gasteiger partial charge in [-0.25, -0.2) is 13.4 Å². The van der Waals surface area contributed by atoms with Gasteiger partial charge in [-0.05, 0) is 73.1 Å². The Hall–Kier alpha value is -1.54. The van der Waals surface area contributed by atoms with Crippen molar-refractivity contribution in [2.75, 3.05) is 10.6 Å². The average Bonchev–Trinajstić information content (AvgIpc) is 3.17. The van der Waals surface area contributed by atoms with Crippen molar-refractivity contribution >= 4 is 82.9 Å². The summed E-state index contributed by atoms with van der Waals surface area (Å²) in [5.41, 5.74) is -0.219. The van der Waals surface area contributed by atoms with Crippen LogP contribution in [-0.2, 0) is 10.0 Å². The standard InChI is InChI=1S/C20H23BrClN5O3S3/c1-12(20(2,3)28)24-18-15(21)11-23-19(26-18)25-13-5-7-14(8-6-13)32(4)27-33(29,30)17-10-9-16(22)31-17/h5-12,27-28H,4H2,1-3H3,(H2,23,24,25,26)/t12-,32?/m1/s1. The highest BCUT2D eigenvalue weighted by atomic mass is 79.9. The summed E-state index contributed by atoms with van der Waals surface area (Å²) < 4.78 is 28.8. The molecule has 4 N–H and O–H groups in total. The normalized spacial score (nSPS) is 14.0. The first-order chi connectivity index (χ1) is 15.3. The molecule has 1 aromatic carbocycles. The molecular formula is C20H23BrClN5O3S3. The van der Waals surface area contributed by atoms with Crippen molar-refractivity contribution in [2.45, 2.75) is 41.5 Å². The Bertz CT molecular complexity index is 1260. The minimum absolute atomic E-state index is 0.141. The zero-order valence-electron chi connectivity index (χ0n) is 18.0. The van der Waals surface area contributed by atoms with E-state index >= 15 is 0 Å². The predicted octanol–water partition coefficient (Wildman–Crippen LogP) is 5.22. The number of hydrogen-bond donors (Lipinski definition) is 4. The fraction of sp³-hybridized carbons (Fsp3) is 0.250. The molecule has 0 spiro atoms. The van der Waals surface area contributed by atoms with Crippen LogP contribution < -0.4 is 14.8 Å². The molecule has 3 aromatic rings. The van der Waals surface area contributed by atoms with Crippen LogP contribution in [0.2, 0.25) is 4.34 Å². The van der Waals surface area contributed by atoms with Crippen LogP contribution in [0, 0.1) is 0 Å². The Morgan fingerprint density at radius 1 is 1.24 bits per heavy atom. The van der Waals surface area contributed by atoms with Gasteiger partial charge in [0.1, 0.15) is 10.0 Å². The second kappa shape index (κ2) is 10.4. The molecule has 0 amide bonds. The first-order valence-electron chi connectivity index (χ1n) is 9.55. The monoisotopic (exact) mass is 591 g/mol. The maximum Gasteiger partial charge on any atom is 0.259 e. The van der Waals surface area contributed by atoms with Gasteiger partial charge in [0, 0.05) is 16.8 Å². The third kappa shape index (κ3) is 6.98. The Labute approximate surface area is 213 Å². The molecule has 0 radical (unpaired) electrons. The minimum atomic E-state index is -3.71. The smallest absolute Gasteiger partial charge is 0.259 e. The number of anilines is 3. The van der Waals surface area contributed by atoms with Crippen LogP contribution in [0.4, 0.5) is 17.5 Å². The third-order valence-electron chi connectivity index (χ3n) is 4.58. The fourth-order valence-corrected chi connectivity index (χ4v) is 7.12. The van der Waals surface area contributed by atoms with E-state index in [-0.39, 0.29) is 10.3 Å². The Morgan fingerprint density at radius 3 is 2.48 bits per heavy atom. The predicted molar refractivity (Wildman–Crippen MR) is 141 cm³/mol. The van der Waals surface area contributed by atoms with E-state index < -0.39 is 26.3 Å². The van der Waals surface area contributed by atoms with Crippen molar-refractivity contribution in [3.63, 3.8) is 0 Å². The number of hydrogen-bond acceptors (Lipinski definition) is 8. The van der Waals surface area contributed by atoms with Gasteiger partial charge in [-0.15, -0.1) is 11.3 Å². The van der Waals surface area contributed by atoms with Gasteiger partial charge in [0.15, 0.2) is 0 Å². The molecule has 2 aromatic heterocycles. The molecule has 0 aliphatic carbocycles. The van der Waals surface area contributed by atoms with Crippen molar-refractivity contribution < 1.29 is 13.5 Å². The second-order valence-electron chi connectivity index (χ2n) is 7.60. The van der Waals surface area contributed by atoms with E-state index in [0.717, 1.165) is 11.3 Å². The molecule has 178 valence electrons. The van der Waals surface area contributed by atoms with Crippen molar-refractivity contribution in [3.05, 3.63) is 51.4 Å². The molecule has 0 bridgehead atoms. The van der Waals surface area contributed by atoms with Crippen molar-refractivity contribution in [3.8, 4) is 0 Å². The summed E-state index contributed by atoms with van der Waals surface area (Å²) in [6, 6.07) is 9.87. The molecule has 2 atom stereocenters. The third-order valence-corrected chi connectivity index (χ3v) is 10.3. The van der Waals surface area contributed by atoms with Gasteiger partial charge in [0.05, 0.1) is 20.5 Å². The van der Waals surface area contributed by atoms with Crippen molar-refractivity contribution in [2.24, 2.45) is 0 Å². The quantitative estimate of drug-likeness (QED) is 0.252. The summed E-state index contributed by atoms with van der Waals surface area (Å²) in [5.74, 6) is 4.84. The van der Waals surface area contributed by atoms with Crippen molar-refractivity contribution in [1.82, 2.24) is 14.1 Å². The zero-order valence-corrected chi connectivity index (χ0v) is 22.8. The van der Waals surface area contributed by atoms with E-state index in [2.05, 4.69) is 46.5 Å². The number of nitrogens with zero attached hydrogens (tertiary/aromatic N) is 2. The summed E-state index contributed by atoms with van der Waals surface area (Å²) in [6.07, 6.45) is 1.61. The van der Waals surface area contributed by atoms with Gasteiger partial charge < -0.3 is 15.7 Å². The number of thiophene rings is 1. The summed E-state index contributed by atoms with van der Waals surface area (Å²) >= 11 is 10.2. The zero-order chi connectivity index (χ0) is 24.4. The molecule has 13 heteroatoms. The molecule has 0 fully saturated rings. The average molecular weight is 593 g/mol. The molecule has 8 nitrogen and oxygen atoms in total. The fourth-order valence-electron chi connectivity index (χ4n) is 2.41. The lowest BCUT2D eigenvalue weighted by Gasteiger charge is -2.27. The largest absolute Gasteiger partial charge is 0.388 e. The lowest BCUT2D eigenvalue weighted by molar-refractivity contribution is 0.0647. The first-order valence-corrected chi connectivity index (χ1v) is 14.4. The lowest BCUT2D eigenvalue weighted by Crippen LogP contribution is -2.39. The molecular weight excluding hydrogens is 570 g/mol. The van der Waals surface area contributed by atoms with Crippen LogP contribution in [0.5, 0.6) is 0 Å². The molecule has 0 aliphatic rings. The van der Waals surface area contributed by atoms with Gasteiger partial charge in [-0.1, -0.05) is 28.1 Å². The molecule has 2 heterocycles. The van der Waals surface area contributed by atoms with Crippen LogP contribution in [0.1, 0.15) is 20.8 Å². The Balaban J connectivity index is 1.69. The number of sulfonamides is 1. The van der Waals surface area contributed by atoms with Crippen LogP contribution >= 0.6 is 49.5 Å². The van der Waals surface area contributed by atoms with Crippen LogP contribution in [0.15, 0.2) is 56.2 Å². The van der Waals surface area contributed by atoms with Gasteiger partial charge in [0.2, 0.25) is 5.95 Å². The number of aliphatic hydroxyl groups is 1. The Kier molecular flexibility index (Phi) is 8.20. The Morgan fingerprint density at radius 2 is 1.91 bits per heavy atom. The second-order valence-corrected chi connectivity index (χ2v) is 13.8. The van der Waals surface area contributed by atoms with E-state index in [1.165, 1.54) is 6.07 Å². The minimum Gasteiger partial charge on any atom is -0.388 e. The summed E-state index contributed by atoms with van der Waals surface area (Å²) in [7, 11) is -4.70. The van der Waals surface area contributed by atoms with Gasteiger partial charge in [-0.3, -0.25) is 0 Å². The van der Waals surface area contributed by atoms with Crippen LogP contribution in [-0.4, -0.2) is 41.0 Å². The number of aromatic nitrogens is 2. The number of rotatable bonds is 9. The molecule has 0 saturated carbocycles. The highest BCUT2D eigenvalue weighted by Gasteiger charge is 2.23. The maximum absolute atomic E-state index is 12.5. The highest BCUT2D eigenvalue weighted by Crippen LogP contribution is 2.30. The molecule has 0 aliphatic heterocycles. The summed E-state index contributed by atoms with van der Waals surface area (Å²) in [5, 5.41) is 16.4. The van der Waals surface area contributed by atoms with Crippen LogP contribution in [0.25, 0.3) is 0 Å². The number of halogens is 2. The van der Waals surface area contributed by atoms with Gasteiger partial charge in [-0.2, -0.15) is 9.11 Å². The first kappa shape index (κ1) is 26.1. The summed E-state index contributed by atoms with van der Waals surface area (Å²) in [6.45, 7) is 5.29.